The summed E-state index contributed by atoms with van der Waals surface area (Å²) in [6.45, 7) is 2.56. The van der Waals surface area contributed by atoms with Gasteiger partial charge >= 0.3 is 0 Å². The summed E-state index contributed by atoms with van der Waals surface area (Å²) in [7, 11) is 3.16. The summed E-state index contributed by atoms with van der Waals surface area (Å²) in [5.74, 6) is 2.42. The Morgan fingerprint density at radius 1 is 1.00 bits per heavy atom. The van der Waals surface area contributed by atoms with Gasteiger partial charge in [0, 0.05) is 37.0 Å². The third-order valence-corrected chi connectivity index (χ3v) is 7.76. The van der Waals surface area contributed by atoms with Crippen molar-refractivity contribution in [1.82, 2.24) is 4.90 Å². The topological polar surface area (TPSA) is 85.9 Å². The zero-order valence-electron chi connectivity index (χ0n) is 20.4. The van der Waals surface area contributed by atoms with E-state index in [2.05, 4.69) is 27.7 Å². The number of nitrogens with zero attached hydrogens (tertiary/aromatic N) is 1. The minimum absolute atomic E-state index is 0.189. The van der Waals surface area contributed by atoms with Gasteiger partial charge in [0.1, 0.15) is 11.5 Å². The third-order valence-electron chi connectivity index (χ3n) is 6.48. The fourth-order valence-electron chi connectivity index (χ4n) is 4.56. The summed E-state index contributed by atoms with van der Waals surface area (Å²) in [6.07, 6.45) is 0. The average Bonchev–Trinajstić information content (AvgIpc) is 3.23. The lowest BCUT2D eigenvalue weighted by Crippen LogP contribution is -2.39. The molecule has 0 saturated carbocycles. The quantitative estimate of drug-likeness (QED) is 0.371. The highest BCUT2D eigenvalue weighted by Gasteiger charge is 2.30. The maximum atomic E-state index is 13.2. The molecule has 5 rings (SSSR count). The lowest BCUT2D eigenvalue weighted by atomic mass is 9.99. The Balaban J connectivity index is 1.48. The van der Waals surface area contributed by atoms with Crippen molar-refractivity contribution in [2.24, 2.45) is 0 Å². The van der Waals surface area contributed by atoms with E-state index in [4.69, 9.17) is 9.47 Å². The minimum Gasteiger partial charge on any atom is -0.616 e. The zero-order valence-corrected chi connectivity index (χ0v) is 21.2. The summed E-state index contributed by atoms with van der Waals surface area (Å²) >= 11 is -0.676. The van der Waals surface area contributed by atoms with Crippen LogP contribution >= 0.6 is 0 Å². The number of carbonyl (C=O) groups excluding carboxylic acids is 1. The lowest BCUT2D eigenvalue weighted by Gasteiger charge is -2.28. The molecule has 7 nitrogen and oxygen atoms in total. The number of nitrogens with one attached hydrogen (secondary N) is 2. The first-order valence-corrected chi connectivity index (χ1v) is 13.3. The second-order valence-corrected chi connectivity index (χ2v) is 10.5. The molecule has 0 unspecified atom stereocenters. The molecule has 3 aromatic carbocycles. The van der Waals surface area contributed by atoms with Gasteiger partial charge in [-0.2, -0.15) is 0 Å². The van der Waals surface area contributed by atoms with Crippen LogP contribution in [0.2, 0.25) is 0 Å². The van der Waals surface area contributed by atoms with Crippen molar-refractivity contribution in [2.75, 3.05) is 49.4 Å². The number of carbonyl (C=O) groups is 1. The van der Waals surface area contributed by atoms with Gasteiger partial charge in [0.25, 0.3) is 5.91 Å². The molecule has 2 aliphatic rings. The predicted molar refractivity (Wildman–Crippen MR) is 145 cm³/mol. The van der Waals surface area contributed by atoms with Crippen molar-refractivity contribution < 1.29 is 18.8 Å². The smallest absolute Gasteiger partial charge is 0.258 e. The van der Waals surface area contributed by atoms with Gasteiger partial charge in [-0.1, -0.05) is 53.6 Å². The fraction of sp³-hybridized carbons (Fsp3) is 0.250. The van der Waals surface area contributed by atoms with Gasteiger partial charge < -0.3 is 24.7 Å². The molecule has 2 N–H and O–H groups in total. The number of anilines is 2. The number of fused-ring (bicyclic) bond motifs is 1. The second kappa shape index (κ2) is 10.7. The van der Waals surface area contributed by atoms with Crippen LogP contribution in [0.3, 0.4) is 0 Å². The molecule has 0 aromatic heterocycles. The van der Waals surface area contributed by atoms with Crippen molar-refractivity contribution in [3.63, 3.8) is 0 Å². The molecule has 0 bridgehead atoms. The highest BCUT2D eigenvalue weighted by atomic mass is 32.2. The van der Waals surface area contributed by atoms with Gasteiger partial charge in [0.2, 0.25) is 0 Å². The summed E-state index contributed by atoms with van der Waals surface area (Å²) < 4.78 is 22.6. The molecule has 2 heterocycles. The van der Waals surface area contributed by atoms with Crippen LogP contribution in [-0.4, -0.2) is 54.2 Å². The Labute approximate surface area is 214 Å². The largest absolute Gasteiger partial charge is 0.616 e. The van der Waals surface area contributed by atoms with Crippen LogP contribution in [0.5, 0.6) is 11.5 Å². The summed E-state index contributed by atoms with van der Waals surface area (Å²) in [4.78, 5) is 15.6. The van der Waals surface area contributed by atoms with E-state index in [0.717, 1.165) is 48.0 Å². The predicted octanol–water partition coefficient (Wildman–Crippen LogP) is 4.20. The van der Waals surface area contributed by atoms with Gasteiger partial charge in [-0.25, -0.2) is 0 Å². The number of ether oxygens (including phenoxy) is 2. The molecule has 1 amide bonds. The molecule has 3 aromatic rings. The van der Waals surface area contributed by atoms with Gasteiger partial charge in [-0.3, -0.25) is 9.69 Å². The minimum atomic E-state index is -0.676. The molecular formula is C28H29N3O4S. The van der Waals surface area contributed by atoms with E-state index in [0.29, 0.717) is 28.5 Å². The van der Waals surface area contributed by atoms with Gasteiger partial charge in [0.15, 0.2) is 11.5 Å². The van der Waals surface area contributed by atoms with Crippen molar-refractivity contribution in [1.29, 1.82) is 0 Å². The number of hydrogen-bond acceptors (Lipinski definition) is 6. The molecule has 2 aliphatic heterocycles. The zero-order chi connectivity index (χ0) is 25.1. The van der Waals surface area contributed by atoms with E-state index < -0.39 is 11.2 Å². The summed E-state index contributed by atoms with van der Waals surface area (Å²) in [5.41, 5.74) is 5.67. The first-order chi connectivity index (χ1) is 17.6. The maximum Gasteiger partial charge on any atom is 0.258 e. The van der Waals surface area contributed by atoms with Crippen LogP contribution in [0.15, 0.2) is 66.7 Å². The maximum absolute atomic E-state index is 13.2. The van der Waals surface area contributed by atoms with Crippen LogP contribution in [0.1, 0.15) is 16.7 Å². The molecule has 0 radical (unpaired) electrons. The molecule has 1 saturated heterocycles. The van der Waals surface area contributed by atoms with E-state index in [9.17, 15) is 9.35 Å². The van der Waals surface area contributed by atoms with Crippen molar-refractivity contribution in [2.45, 2.75) is 6.54 Å². The number of methoxy groups -OCH3 is 2. The fourth-order valence-corrected chi connectivity index (χ4v) is 5.69. The molecule has 8 heteroatoms. The van der Waals surface area contributed by atoms with Crippen molar-refractivity contribution >= 4 is 39.7 Å². The molecule has 0 spiro atoms. The summed E-state index contributed by atoms with van der Waals surface area (Å²) in [6, 6.07) is 21.7. The van der Waals surface area contributed by atoms with Crippen LogP contribution in [0.25, 0.3) is 11.3 Å². The number of amides is 1. The number of benzene rings is 3. The van der Waals surface area contributed by atoms with Crippen molar-refractivity contribution in [3.8, 4) is 11.5 Å². The lowest BCUT2D eigenvalue weighted by molar-refractivity contribution is -0.110. The van der Waals surface area contributed by atoms with E-state index >= 15 is 0 Å². The Morgan fingerprint density at radius 3 is 2.33 bits per heavy atom. The molecule has 0 atom stereocenters. The monoisotopic (exact) mass is 503 g/mol. The van der Waals surface area contributed by atoms with E-state index in [1.165, 1.54) is 5.56 Å². The standard InChI is InChI=1S/C28H29N3O4S/c1-34-24-16-22-23(17-25(24)35-2)30-28(32)26(22)27(20-6-4-3-5-7-20)29-21-10-8-19(9-11-21)18-31-12-14-36(33)15-13-31/h3-11,16-17,29H,12-15,18H2,1-2H3,(H,30,32). The highest BCUT2D eigenvalue weighted by molar-refractivity contribution is 7.91. The highest BCUT2D eigenvalue weighted by Crippen LogP contribution is 2.43. The first-order valence-electron chi connectivity index (χ1n) is 11.9. The summed E-state index contributed by atoms with van der Waals surface area (Å²) in [5, 5.41) is 6.47. The molecule has 36 heavy (non-hydrogen) atoms. The van der Waals surface area contributed by atoms with Crippen LogP contribution < -0.4 is 20.1 Å². The molecule has 1 fully saturated rings. The van der Waals surface area contributed by atoms with E-state index in [1.54, 1.807) is 20.3 Å². The first kappa shape index (κ1) is 24.2. The van der Waals surface area contributed by atoms with Gasteiger partial charge in [0.05, 0.1) is 31.2 Å². The Bertz CT molecular complexity index is 1270. The Kier molecular flexibility index (Phi) is 7.18. The average molecular weight is 504 g/mol. The molecular weight excluding hydrogens is 474 g/mol. The molecule has 186 valence electrons. The molecule has 0 aliphatic carbocycles. The van der Waals surface area contributed by atoms with Gasteiger partial charge in [-0.15, -0.1) is 0 Å². The Morgan fingerprint density at radius 2 is 1.67 bits per heavy atom. The Hall–Kier alpha value is -3.46. The third kappa shape index (κ3) is 5.06. The van der Waals surface area contributed by atoms with Crippen LogP contribution in [0.4, 0.5) is 11.4 Å². The SMILES string of the molecule is COc1cc2c(cc1OC)C(=C(Nc1ccc(CN3CC[S+]([O-])CC3)cc1)c1ccccc1)C(=O)N2. The number of rotatable bonds is 7. The van der Waals surface area contributed by atoms with Gasteiger partial charge in [-0.05, 0) is 29.3 Å². The van der Waals surface area contributed by atoms with Crippen molar-refractivity contribution in [3.05, 3.63) is 83.4 Å². The van der Waals surface area contributed by atoms with Crippen LogP contribution in [-0.2, 0) is 22.5 Å². The van der Waals surface area contributed by atoms with Crippen LogP contribution in [0, 0.1) is 0 Å². The van der Waals surface area contributed by atoms with E-state index in [1.807, 2.05) is 48.5 Å². The normalized spacial score (nSPS) is 17.4. The second-order valence-electron chi connectivity index (χ2n) is 8.77. The van der Waals surface area contributed by atoms with E-state index in [-0.39, 0.29) is 5.91 Å². The number of hydrogen-bond donors (Lipinski definition) is 2.